The van der Waals surface area contributed by atoms with Crippen molar-refractivity contribution in [2.45, 2.75) is 19.5 Å². The Hall–Kier alpha value is -2.83. The summed E-state index contributed by atoms with van der Waals surface area (Å²) in [6.45, 7) is 1.71. The van der Waals surface area contributed by atoms with Crippen molar-refractivity contribution in [3.05, 3.63) is 59.5 Å². The monoisotopic (exact) mass is 334 g/mol. The highest BCUT2D eigenvalue weighted by Gasteiger charge is 2.33. The minimum Gasteiger partial charge on any atom is -0.441 e. The summed E-state index contributed by atoms with van der Waals surface area (Å²) >= 11 is 0. The van der Waals surface area contributed by atoms with Gasteiger partial charge in [0.05, 0.1) is 17.7 Å². The van der Waals surface area contributed by atoms with Crippen LogP contribution in [0.2, 0.25) is 0 Å². The Morgan fingerprint density at radius 2 is 1.96 bits per heavy atom. The lowest BCUT2D eigenvalue weighted by Crippen LogP contribution is -2.18. The van der Waals surface area contributed by atoms with E-state index in [1.165, 1.54) is 18.2 Å². The summed E-state index contributed by atoms with van der Waals surface area (Å²) in [4.78, 5) is 16.2. The molecule has 2 aromatic carbocycles. The number of benzene rings is 2. The Balaban J connectivity index is 1.78. The summed E-state index contributed by atoms with van der Waals surface area (Å²) in [5, 5.41) is 2.32. The molecule has 0 radical (unpaired) electrons. The number of fused-ring (bicyclic) bond motifs is 1. The molecule has 24 heavy (non-hydrogen) atoms. The van der Waals surface area contributed by atoms with Gasteiger partial charge in [-0.15, -0.1) is 0 Å². The molecule has 124 valence electrons. The van der Waals surface area contributed by atoms with Crippen molar-refractivity contribution in [2.24, 2.45) is 0 Å². The average molecular weight is 334 g/mol. The van der Waals surface area contributed by atoms with Crippen LogP contribution >= 0.6 is 0 Å². The Kier molecular flexibility index (Phi) is 4.01. The molecule has 0 aliphatic rings. The third-order valence-corrected chi connectivity index (χ3v) is 3.43. The Morgan fingerprint density at radius 3 is 2.71 bits per heavy atom. The molecule has 0 spiro atoms. The van der Waals surface area contributed by atoms with Crippen molar-refractivity contribution in [3.63, 3.8) is 0 Å². The van der Waals surface area contributed by atoms with Crippen LogP contribution in [0.4, 0.5) is 18.9 Å². The molecule has 7 heteroatoms. The average Bonchev–Trinajstić information content (AvgIpc) is 2.86. The number of anilines is 1. The second-order valence-corrected chi connectivity index (χ2v) is 5.30. The van der Waals surface area contributed by atoms with Gasteiger partial charge >= 0.3 is 6.18 Å². The number of carbonyl (C=O) groups excluding carboxylic acids is 1. The number of nitrogens with zero attached hydrogens (tertiary/aromatic N) is 1. The van der Waals surface area contributed by atoms with Crippen LogP contribution in [0.1, 0.15) is 17.0 Å². The Morgan fingerprint density at radius 1 is 1.21 bits per heavy atom. The summed E-state index contributed by atoms with van der Waals surface area (Å²) in [5.41, 5.74) is 0.708. The van der Waals surface area contributed by atoms with E-state index in [0.717, 1.165) is 6.07 Å². The van der Waals surface area contributed by atoms with Crippen molar-refractivity contribution in [2.75, 3.05) is 5.32 Å². The number of halogens is 3. The number of rotatable bonds is 3. The maximum Gasteiger partial charge on any atom is 0.418 e. The highest BCUT2D eigenvalue weighted by Crippen LogP contribution is 2.34. The van der Waals surface area contributed by atoms with Gasteiger partial charge in [0, 0.05) is 6.92 Å². The highest BCUT2D eigenvalue weighted by atomic mass is 19.4. The van der Waals surface area contributed by atoms with E-state index in [4.69, 9.17) is 4.42 Å². The predicted molar refractivity (Wildman–Crippen MR) is 82.5 cm³/mol. The molecule has 0 aliphatic heterocycles. The van der Waals surface area contributed by atoms with E-state index >= 15 is 0 Å². The lowest BCUT2D eigenvalue weighted by molar-refractivity contribution is -0.137. The molecule has 3 aromatic rings. The number of hydrogen-bond acceptors (Lipinski definition) is 3. The Bertz CT molecular complexity index is 900. The predicted octanol–water partition coefficient (Wildman–Crippen LogP) is 4.34. The van der Waals surface area contributed by atoms with Crippen molar-refractivity contribution in [1.29, 1.82) is 0 Å². The first-order valence-corrected chi connectivity index (χ1v) is 7.15. The molecule has 0 bridgehead atoms. The van der Waals surface area contributed by atoms with Crippen LogP contribution < -0.4 is 5.32 Å². The summed E-state index contributed by atoms with van der Waals surface area (Å²) in [7, 11) is 0. The molecule has 0 saturated carbocycles. The number of aryl methyl sites for hydroxylation is 1. The molecule has 1 heterocycles. The molecule has 1 amide bonds. The van der Waals surface area contributed by atoms with Crippen LogP contribution in [0.5, 0.6) is 0 Å². The van der Waals surface area contributed by atoms with Gasteiger partial charge in [-0.2, -0.15) is 13.2 Å². The largest absolute Gasteiger partial charge is 0.441 e. The van der Waals surface area contributed by atoms with E-state index < -0.39 is 17.6 Å². The van der Waals surface area contributed by atoms with Gasteiger partial charge in [0.15, 0.2) is 11.5 Å². The second kappa shape index (κ2) is 5.99. The van der Waals surface area contributed by atoms with Gasteiger partial charge in [-0.25, -0.2) is 4.98 Å². The molecule has 0 fully saturated rings. The minimum absolute atomic E-state index is 0.0615. The van der Waals surface area contributed by atoms with E-state index in [2.05, 4.69) is 10.3 Å². The van der Waals surface area contributed by atoms with Crippen molar-refractivity contribution in [1.82, 2.24) is 4.98 Å². The zero-order chi connectivity index (χ0) is 17.3. The molecule has 3 rings (SSSR count). The number of alkyl halides is 3. The van der Waals surface area contributed by atoms with Crippen molar-refractivity contribution < 1.29 is 22.4 Å². The van der Waals surface area contributed by atoms with Crippen LogP contribution in [-0.4, -0.2) is 10.9 Å². The number of oxazole rings is 1. The van der Waals surface area contributed by atoms with Crippen molar-refractivity contribution >= 4 is 22.7 Å². The fourth-order valence-electron chi connectivity index (χ4n) is 2.42. The zero-order valence-corrected chi connectivity index (χ0v) is 12.6. The van der Waals surface area contributed by atoms with E-state index in [0.29, 0.717) is 22.6 Å². The second-order valence-electron chi connectivity index (χ2n) is 5.30. The number of para-hydroxylation sites is 1. The smallest absolute Gasteiger partial charge is 0.418 e. The van der Waals surface area contributed by atoms with E-state index in [9.17, 15) is 18.0 Å². The van der Waals surface area contributed by atoms with Gasteiger partial charge in [-0.1, -0.05) is 18.2 Å². The van der Waals surface area contributed by atoms with Gasteiger partial charge in [-0.05, 0) is 29.8 Å². The lowest BCUT2D eigenvalue weighted by Gasteiger charge is -2.13. The zero-order valence-electron chi connectivity index (χ0n) is 12.6. The molecule has 0 aliphatic carbocycles. The number of aromatic nitrogens is 1. The van der Waals surface area contributed by atoms with Crippen molar-refractivity contribution in [3.8, 4) is 0 Å². The highest BCUT2D eigenvalue weighted by molar-refractivity contribution is 5.93. The number of amides is 1. The van der Waals surface area contributed by atoms with Crippen LogP contribution in [0, 0.1) is 6.92 Å². The van der Waals surface area contributed by atoms with E-state index in [1.54, 1.807) is 25.1 Å². The van der Waals surface area contributed by atoms with Gasteiger partial charge in [0.25, 0.3) is 0 Å². The normalized spacial score (nSPS) is 11.7. The molecular weight excluding hydrogens is 321 g/mol. The van der Waals surface area contributed by atoms with Crippen LogP contribution in [0.15, 0.2) is 46.9 Å². The Labute approximate surface area is 135 Å². The number of carbonyl (C=O) groups is 1. The SMILES string of the molecule is Cc1nc2cc(CC(=O)Nc3ccccc3C(F)(F)F)ccc2o1. The maximum absolute atomic E-state index is 12.9. The third-order valence-electron chi connectivity index (χ3n) is 3.43. The first-order chi connectivity index (χ1) is 11.3. The molecule has 0 saturated heterocycles. The lowest BCUT2D eigenvalue weighted by atomic mass is 10.1. The fourth-order valence-corrected chi connectivity index (χ4v) is 2.42. The van der Waals surface area contributed by atoms with Gasteiger partial charge in [0.1, 0.15) is 5.52 Å². The van der Waals surface area contributed by atoms with E-state index in [-0.39, 0.29) is 12.1 Å². The summed E-state index contributed by atoms with van der Waals surface area (Å²) in [6.07, 6.45) is -4.59. The maximum atomic E-state index is 12.9. The fraction of sp³-hybridized carbons (Fsp3) is 0.176. The topological polar surface area (TPSA) is 55.1 Å². The summed E-state index contributed by atoms with van der Waals surface area (Å²) in [6, 6.07) is 9.92. The van der Waals surface area contributed by atoms with E-state index in [1.807, 2.05) is 0 Å². The first kappa shape index (κ1) is 16.0. The molecule has 1 aromatic heterocycles. The molecule has 0 atom stereocenters. The standard InChI is InChI=1S/C17H13F3N2O2/c1-10-21-14-8-11(6-7-15(14)24-10)9-16(23)22-13-5-3-2-4-12(13)17(18,19)20/h2-8H,9H2,1H3,(H,22,23). The van der Waals surface area contributed by atoms with Crippen LogP contribution in [-0.2, 0) is 17.4 Å². The number of hydrogen-bond donors (Lipinski definition) is 1. The first-order valence-electron chi connectivity index (χ1n) is 7.15. The molecule has 1 N–H and O–H groups in total. The quantitative estimate of drug-likeness (QED) is 0.775. The molecule has 4 nitrogen and oxygen atoms in total. The summed E-state index contributed by atoms with van der Waals surface area (Å²) < 4.78 is 44.1. The van der Waals surface area contributed by atoms with Gasteiger partial charge in [-0.3, -0.25) is 4.79 Å². The summed E-state index contributed by atoms with van der Waals surface area (Å²) in [5.74, 6) is -0.0306. The van der Waals surface area contributed by atoms with Gasteiger partial charge < -0.3 is 9.73 Å². The van der Waals surface area contributed by atoms with Crippen LogP contribution in [0.25, 0.3) is 11.1 Å². The van der Waals surface area contributed by atoms with Crippen LogP contribution in [0.3, 0.4) is 0 Å². The minimum atomic E-state index is -4.53. The third kappa shape index (κ3) is 3.40. The number of nitrogens with one attached hydrogen (secondary N) is 1. The van der Waals surface area contributed by atoms with Gasteiger partial charge in [0.2, 0.25) is 5.91 Å². The molecule has 0 unspecified atom stereocenters. The molecular formula is C17H13F3N2O2.